The molecule has 0 unspecified atom stereocenters. The van der Waals surface area contributed by atoms with Gasteiger partial charge in [-0.25, -0.2) is 0 Å². The van der Waals surface area contributed by atoms with Crippen LogP contribution in [0.4, 0.5) is 0 Å². The van der Waals surface area contributed by atoms with Gasteiger partial charge in [0.2, 0.25) is 0 Å². The first-order chi connectivity index (χ1) is 14.0. The first kappa shape index (κ1) is 25.1. The Morgan fingerprint density at radius 3 is 1.23 bits per heavy atom. The van der Waals surface area contributed by atoms with Gasteiger partial charge in [-0.2, -0.15) is 0 Å². The Bertz CT molecular complexity index is 531. The van der Waals surface area contributed by atoms with Crippen molar-refractivity contribution in [3.8, 4) is 0 Å². The van der Waals surface area contributed by atoms with E-state index in [1.807, 2.05) is 0 Å². The molecule has 0 N–H and O–H groups in total. The van der Waals surface area contributed by atoms with Crippen molar-refractivity contribution < 1.29 is 28.5 Å². The Balaban J connectivity index is 1.96. The highest BCUT2D eigenvalue weighted by atomic mass is 16.6. The van der Waals surface area contributed by atoms with E-state index in [0.717, 1.165) is 51.4 Å². The Morgan fingerprint density at radius 1 is 0.667 bits per heavy atom. The number of carbonyl (C=O) groups is 2. The minimum atomic E-state index is -0.517. The van der Waals surface area contributed by atoms with Gasteiger partial charge < -0.3 is 18.9 Å². The van der Waals surface area contributed by atoms with Crippen molar-refractivity contribution in [3.05, 3.63) is 0 Å². The van der Waals surface area contributed by atoms with Crippen LogP contribution in [0.15, 0.2) is 0 Å². The number of carbonyl (C=O) groups excluding carboxylic acids is 2. The van der Waals surface area contributed by atoms with Crippen molar-refractivity contribution in [2.75, 3.05) is 27.4 Å². The maximum absolute atomic E-state index is 12.7. The molecule has 174 valence electrons. The summed E-state index contributed by atoms with van der Waals surface area (Å²) in [5.41, 5.74) is -1.58. The third kappa shape index (κ3) is 5.37. The molecule has 0 saturated heterocycles. The van der Waals surface area contributed by atoms with E-state index in [2.05, 4.69) is 27.7 Å². The van der Waals surface area contributed by atoms with Gasteiger partial charge in [0.25, 0.3) is 0 Å². The maximum Gasteiger partial charge on any atom is 0.306 e. The summed E-state index contributed by atoms with van der Waals surface area (Å²) in [7, 11) is 3.35. The molecule has 0 aromatic rings. The van der Waals surface area contributed by atoms with E-state index in [4.69, 9.17) is 18.9 Å². The van der Waals surface area contributed by atoms with Gasteiger partial charge in [-0.15, -0.1) is 0 Å². The molecule has 2 aliphatic rings. The van der Waals surface area contributed by atoms with E-state index in [0.29, 0.717) is 13.2 Å². The second-order valence-corrected chi connectivity index (χ2v) is 10.5. The highest BCUT2D eigenvalue weighted by molar-refractivity contribution is 5.78. The van der Waals surface area contributed by atoms with Crippen LogP contribution in [-0.2, 0) is 28.5 Å². The average molecular weight is 427 g/mol. The van der Waals surface area contributed by atoms with E-state index in [1.54, 1.807) is 14.2 Å². The number of hydrogen-bond acceptors (Lipinski definition) is 6. The van der Waals surface area contributed by atoms with Gasteiger partial charge in [0, 0.05) is 25.0 Å². The van der Waals surface area contributed by atoms with Gasteiger partial charge in [-0.3, -0.25) is 9.59 Å². The Morgan fingerprint density at radius 2 is 0.967 bits per heavy atom. The van der Waals surface area contributed by atoms with Gasteiger partial charge in [0.1, 0.15) is 11.2 Å². The molecule has 0 bridgehead atoms. The molecule has 2 aliphatic carbocycles. The smallest absolute Gasteiger partial charge is 0.306 e. The van der Waals surface area contributed by atoms with Crippen molar-refractivity contribution in [1.29, 1.82) is 0 Å². The van der Waals surface area contributed by atoms with Gasteiger partial charge in [-0.05, 0) is 51.4 Å². The predicted molar refractivity (Wildman–Crippen MR) is 115 cm³/mol. The molecule has 2 rings (SSSR count). The summed E-state index contributed by atoms with van der Waals surface area (Å²) >= 11 is 0. The lowest BCUT2D eigenvalue weighted by atomic mass is 9.74. The van der Waals surface area contributed by atoms with Crippen molar-refractivity contribution in [2.45, 2.75) is 103 Å². The summed E-state index contributed by atoms with van der Waals surface area (Å²) < 4.78 is 22.8. The first-order valence-corrected chi connectivity index (χ1v) is 11.4. The largest absolute Gasteiger partial charge is 0.458 e. The standard InChI is InChI=1S/C24H42O6/c1-21(2,17-27-5)23(13-7-8-14-23)29-19(25)11-12-20(26)30-24(15-9-10-16-24)22(3,4)18-28-6/h7-18H2,1-6H3. The van der Waals surface area contributed by atoms with Crippen LogP contribution >= 0.6 is 0 Å². The molecule has 30 heavy (non-hydrogen) atoms. The molecule has 0 heterocycles. The quantitative estimate of drug-likeness (QED) is 0.441. The fourth-order valence-corrected chi connectivity index (χ4v) is 5.45. The molecule has 0 spiro atoms. The van der Waals surface area contributed by atoms with Gasteiger partial charge in [0.05, 0.1) is 26.1 Å². The Hall–Kier alpha value is -1.14. The molecular weight excluding hydrogens is 384 g/mol. The van der Waals surface area contributed by atoms with Crippen molar-refractivity contribution in [3.63, 3.8) is 0 Å². The van der Waals surface area contributed by atoms with Crippen LogP contribution in [0.3, 0.4) is 0 Å². The monoisotopic (exact) mass is 426 g/mol. The number of rotatable bonds is 11. The van der Waals surface area contributed by atoms with Crippen molar-refractivity contribution >= 4 is 11.9 Å². The lowest BCUT2D eigenvalue weighted by molar-refractivity contribution is -0.185. The van der Waals surface area contributed by atoms with Crippen LogP contribution < -0.4 is 0 Å². The second kappa shape index (κ2) is 9.99. The van der Waals surface area contributed by atoms with Gasteiger partial charge in [0.15, 0.2) is 0 Å². The summed E-state index contributed by atoms with van der Waals surface area (Å²) in [5, 5.41) is 0. The Kier molecular flexibility index (Phi) is 8.36. The molecule has 0 aliphatic heterocycles. The average Bonchev–Trinajstić information content (AvgIpc) is 3.31. The van der Waals surface area contributed by atoms with Crippen LogP contribution in [0.5, 0.6) is 0 Å². The summed E-state index contributed by atoms with van der Waals surface area (Å²) in [6.45, 7) is 9.41. The van der Waals surface area contributed by atoms with Crippen LogP contribution in [0, 0.1) is 10.8 Å². The fraction of sp³-hybridized carbons (Fsp3) is 0.917. The summed E-state index contributed by atoms with van der Waals surface area (Å²) in [5.74, 6) is -0.649. The van der Waals surface area contributed by atoms with Crippen molar-refractivity contribution in [1.82, 2.24) is 0 Å². The zero-order valence-corrected chi connectivity index (χ0v) is 19.9. The fourth-order valence-electron chi connectivity index (χ4n) is 5.45. The maximum atomic E-state index is 12.7. The van der Waals surface area contributed by atoms with E-state index in [9.17, 15) is 9.59 Å². The predicted octanol–water partition coefficient (Wildman–Crippen LogP) is 4.82. The Labute approximate surface area is 182 Å². The van der Waals surface area contributed by atoms with Gasteiger partial charge >= 0.3 is 11.9 Å². The number of ether oxygens (including phenoxy) is 4. The van der Waals surface area contributed by atoms with E-state index >= 15 is 0 Å². The zero-order valence-electron chi connectivity index (χ0n) is 19.9. The molecule has 0 radical (unpaired) electrons. The molecule has 6 nitrogen and oxygen atoms in total. The van der Waals surface area contributed by atoms with E-state index < -0.39 is 11.2 Å². The molecule has 0 aromatic heterocycles. The van der Waals surface area contributed by atoms with Gasteiger partial charge in [-0.1, -0.05) is 27.7 Å². The summed E-state index contributed by atoms with van der Waals surface area (Å²) in [4.78, 5) is 25.4. The third-order valence-corrected chi connectivity index (χ3v) is 7.45. The SMILES string of the molecule is COCC(C)(C)C1(OC(=O)CCC(=O)OC2(C(C)(C)COC)CCCC2)CCCC1. The van der Waals surface area contributed by atoms with Crippen LogP contribution in [0.25, 0.3) is 0 Å². The second-order valence-electron chi connectivity index (χ2n) is 10.5. The minimum Gasteiger partial charge on any atom is -0.458 e. The summed E-state index contributed by atoms with van der Waals surface area (Å²) in [6, 6.07) is 0. The molecule has 2 saturated carbocycles. The molecule has 2 fully saturated rings. The van der Waals surface area contributed by atoms with Crippen LogP contribution in [0.1, 0.15) is 91.9 Å². The molecule has 0 amide bonds. The molecule has 6 heteroatoms. The lowest BCUT2D eigenvalue weighted by Gasteiger charge is -2.43. The third-order valence-electron chi connectivity index (χ3n) is 7.45. The highest BCUT2D eigenvalue weighted by Gasteiger charge is 2.51. The van der Waals surface area contributed by atoms with Crippen molar-refractivity contribution in [2.24, 2.45) is 10.8 Å². The minimum absolute atomic E-state index is 0.0461. The number of methoxy groups -OCH3 is 2. The van der Waals surface area contributed by atoms with E-state index in [1.165, 1.54) is 0 Å². The molecule has 0 atom stereocenters. The van der Waals surface area contributed by atoms with Crippen LogP contribution in [-0.4, -0.2) is 50.6 Å². The first-order valence-electron chi connectivity index (χ1n) is 11.4. The zero-order chi connectivity index (χ0) is 22.5. The lowest BCUT2D eigenvalue weighted by Crippen LogP contribution is -2.49. The molecular formula is C24H42O6. The normalized spacial score (nSPS) is 20.9. The topological polar surface area (TPSA) is 71.1 Å². The highest BCUT2D eigenvalue weighted by Crippen LogP contribution is 2.48. The van der Waals surface area contributed by atoms with Crippen LogP contribution in [0.2, 0.25) is 0 Å². The number of esters is 2. The number of hydrogen-bond donors (Lipinski definition) is 0. The molecule has 0 aromatic carbocycles. The summed E-state index contributed by atoms with van der Waals surface area (Å²) in [6.07, 6.45) is 7.62. The van der Waals surface area contributed by atoms with E-state index in [-0.39, 0.29) is 35.6 Å².